The van der Waals surface area contributed by atoms with Crippen molar-refractivity contribution in [2.75, 3.05) is 13.2 Å². The van der Waals surface area contributed by atoms with Gasteiger partial charge in [-0.2, -0.15) is 0 Å². The van der Waals surface area contributed by atoms with Crippen LogP contribution in [0.15, 0.2) is 30.3 Å². The second-order valence-corrected chi connectivity index (χ2v) is 5.39. The van der Waals surface area contributed by atoms with E-state index < -0.39 is 49.1 Å². The van der Waals surface area contributed by atoms with Crippen molar-refractivity contribution in [2.24, 2.45) is 0 Å². The molecule has 0 bridgehead atoms. The van der Waals surface area contributed by atoms with E-state index in [-0.39, 0.29) is 5.56 Å². The molecule has 1 aromatic rings. The fourth-order valence-corrected chi connectivity index (χ4v) is 1.89. The van der Waals surface area contributed by atoms with E-state index in [0.717, 1.165) is 6.08 Å². The monoisotopic (exact) mass is 383 g/mol. The first kappa shape index (κ1) is 22.4. The van der Waals surface area contributed by atoms with E-state index >= 15 is 0 Å². The number of amides is 2. The van der Waals surface area contributed by atoms with Crippen LogP contribution >= 0.6 is 0 Å². The Morgan fingerprint density at radius 2 is 1.85 bits per heavy atom. The Kier molecular flexibility index (Phi) is 9.22. The van der Waals surface area contributed by atoms with Crippen LogP contribution in [0.3, 0.4) is 0 Å². The van der Waals surface area contributed by atoms with Crippen LogP contribution in [0.4, 0.5) is 0 Å². The van der Waals surface area contributed by atoms with Crippen LogP contribution in [0.5, 0.6) is 0 Å². The van der Waals surface area contributed by atoms with Gasteiger partial charge in [0.05, 0.1) is 13.2 Å². The van der Waals surface area contributed by atoms with Gasteiger partial charge in [-0.3, -0.25) is 25.0 Å². The normalized spacial score (nSPS) is 14.4. The Bertz CT molecular complexity index is 694. The van der Waals surface area contributed by atoms with Crippen molar-refractivity contribution in [3.8, 4) is 0 Å². The molecule has 0 saturated carbocycles. The lowest BCUT2D eigenvalue weighted by Crippen LogP contribution is -2.49. The van der Waals surface area contributed by atoms with Crippen molar-refractivity contribution in [1.29, 1.82) is 0 Å². The van der Waals surface area contributed by atoms with Gasteiger partial charge in [0.2, 0.25) is 0 Å². The second-order valence-electron chi connectivity index (χ2n) is 5.39. The summed E-state index contributed by atoms with van der Waals surface area (Å²) in [7, 11) is 0. The third-order valence-electron chi connectivity index (χ3n) is 3.39. The Morgan fingerprint density at radius 1 is 1.15 bits per heavy atom. The van der Waals surface area contributed by atoms with Gasteiger partial charge in [0.25, 0.3) is 11.8 Å². The molecular formula is C16H21N3O8. The van der Waals surface area contributed by atoms with E-state index in [1.165, 1.54) is 23.7 Å². The molecule has 3 atom stereocenters. The van der Waals surface area contributed by atoms with Gasteiger partial charge in [0, 0.05) is 11.6 Å². The highest BCUT2D eigenvalue weighted by Crippen LogP contribution is 2.07. The largest absolute Gasteiger partial charge is 0.394 e. The first-order valence-electron chi connectivity index (χ1n) is 7.73. The van der Waals surface area contributed by atoms with Crippen LogP contribution < -0.4 is 16.3 Å². The number of aliphatic hydroxyl groups is 4. The topological polar surface area (TPSA) is 188 Å². The maximum Gasteiger partial charge on any atom is 0.267 e. The minimum Gasteiger partial charge on any atom is -0.394 e. The Hall–Kier alpha value is -2.67. The van der Waals surface area contributed by atoms with E-state index in [4.69, 9.17) is 10.3 Å². The smallest absolute Gasteiger partial charge is 0.267 e. The molecule has 0 unspecified atom stereocenters. The molecule has 148 valence electrons. The zero-order chi connectivity index (χ0) is 20.4. The highest BCUT2D eigenvalue weighted by Gasteiger charge is 2.29. The standard InChI is InChI=1S/C16H21N3O8/c20-8-12(22)15(25)14(24)11(21)7-17-18-16(26)10-3-1-2-9(6-10)4-5-13(23)19-27/h1-6,12,14-15,17,20,22,24-25,27H,7-8H2,(H,18,26)(H,19,23)/b5-4+/t12-,14-,15-/m1/s1. The molecule has 8 N–H and O–H groups in total. The van der Waals surface area contributed by atoms with Crippen LogP contribution in [0.2, 0.25) is 0 Å². The van der Waals surface area contributed by atoms with Gasteiger partial charge >= 0.3 is 0 Å². The van der Waals surface area contributed by atoms with Gasteiger partial charge in [-0.05, 0) is 23.8 Å². The van der Waals surface area contributed by atoms with E-state index in [1.54, 1.807) is 12.1 Å². The van der Waals surface area contributed by atoms with Crippen molar-refractivity contribution in [3.63, 3.8) is 0 Å². The van der Waals surface area contributed by atoms with E-state index in [9.17, 15) is 29.7 Å². The maximum absolute atomic E-state index is 12.0. The zero-order valence-electron chi connectivity index (χ0n) is 14.1. The lowest BCUT2D eigenvalue weighted by atomic mass is 10.1. The van der Waals surface area contributed by atoms with Crippen molar-refractivity contribution in [1.82, 2.24) is 16.3 Å². The highest BCUT2D eigenvalue weighted by atomic mass is 16.5. The number of hydrogen-bond acceptors (Lipinski definition) is 9. The summed E-state index contributed by atoms with van der Waals surface area (Å²) >= 11 is 0. The summed E-state index contributed by atoms with van der Waals surface area (Å²) in [5.74, 6) is -2.27. The molecule has 1 rings (SSSR count). The quantitative estimate of drug-likeness (QED) is 0.119. The zero-order valence-corrected chi connectivity index (χ0v) is 14.1. The molecule has 0 aliphatic carbocycles. The van der Waals surface area contributed by atoms with Gasteiger partial charge in [0.1, 0.15) is 18.3 Å². The first-order valence-corrected chi connectivity index (χ1v) is 7.73. The number of benzene rings is 1. The summed E-state index contributed by atoms with van der Waals surface area (Å²) in [6, 6.07) is 6.07. The lowest BCUT2D eigenvalue weighted by Gasteiger charge is -2.20. The number of hydroxylamine groups is 1. The van der Waals surface area contributed by atoms with Crippen molar-refractivity contribution in [3.05, 3.63) is 41.5 Å². The predicted molar refractivity (Wildman–Crippen MR) is 91.0 cm³/mol. The molecule has 0 aliphatic heterocycles. The molecule has 2 amide bonds. The number of carbonyl (C=O) groups excluding carboxylic acids is 3. The summed E-state index contributed by atoms with van der Waals surface area (Å²) in [5.41, 5.74) is 6.60. The highest BCUT2D eigenvalue weighted by molar-refractivity contribution is 5.95. The number of aliphatic hydroxyl groups excluding tert-OH is 4. The molecule has 0 spiro atoms. The molecule has 27 heavy (non-hydrogen) atoms. The number of carbonyl (C=O) groups is 3. The van der Waals surface area contributed by atoms with Crippen LogP contribution in [0, 0.1) is 0 Å². The van der Waals surface area contributed by atoms with Crippen molar-refractivity contribution in [2.45, 2.75) is 18.3 Å². The molecule has 0 radical (unpaired) electrons. The molecule has 0 aliphatic rings. The minimum atomic E-state index is -1.94. The maximum atomic E-state index is 12.0. The number of rotatable bonds is 10. The molecule has 0 aromatic heterocycles. The Morgan fingerprint density at radius 3 is 2.48 bits per heavy atom. The first-order chi connectivity index (χ1) is 12.8. The summed E-state index contributed by atoms with van der Waals surface area (Å²) < 4.78 is 0. The van der Waals surface area contributed by atoms with Gasteiger partial charge in [-0.15, -0.1) is 0 Å². The average molecular weight is 383 g/mol. The molecule has 1 aromatic carbocycles. The van der Waals surface area contributed by atoms with Gasteiger partial charge < -0.3 is 20.4 Å². The predicted octanol–water partition coefficient (Wildman–Crippen LogP) is -2.92. The third-order valence-corrected chi connectivity index (χ3v) is 3.39. The van der Waals surface area contributed by atoms with Crippen molar-refractivity contribution < 1.29 is 40.0 Å². The van der Waals surface area contributed by atoms with Gasteiger partial charge in [0.15, 0.2) is 5.78 Å². The molecule has 0 saturated heterocycles. The van der Waals surface area contributed by atoms with Gasteiger partial charge in [-0.25, -0.2) is 10.9 Å². The average Bonchev–Trinajstić information content (AvgIpc) is 2.69. The number of ketones is 1. The lowest BCUT2D eigenvalue weighted by molar-refractivity contribution is -0.139. The van der Waals surface area contributed by atoms with E-state index in [1.807, 2.05) is 0 Å². The summed E-state index contributed by atoms with van der Waals surface area (Å²) in [5, 5.41) is 45.2. The summed E-state index contributed by atoms with van der Waals surface area (Å²) in [6.07, 6.45) is -3.06. The van der Waals surface area contributed by atoms with Crippen LogP contribution in [0.25, 0.3) is 6.08 Å². The number of Topliss-reactive ketones (excluding diaryl/α,β-unsaturated/α-hetero) is 1. The second kappa shape index (κ2) is 11.1. The number of hydrazine groups is 1. The summed E-state index contributed by atoms with van der Waals surface area (Å²) in [6.45, 7) is -1.38. The van der Waals surface area contributed by atoms with E-state index in [2.05, 4.69) is 10.9 Å². The molecule has 11 heteroatoms. The molecule has 0 heterocycles. The Labute approximate surface area is 153 Å². The summed E-state index contributed by atoms with van der Waals surface area (Å²) in [4.78, 5) is 34.6. The fourth-order valence-electron chi connectivity index (χ4n) is 1.89. The van der Waals surface area contributed by atoms with Crippen LogP contribution in [-0.4, -0.2) is 74.7 Å². The van der Waals surface area contributed by atoms with Crippen molar-refractivity contribution >= 4 is 23.7 Å². The third kappa shape index (κ3) is 7.22. The van der Waals surface area contributed by atoms with Crippen LogP contribution in [0.1, 0.15) is 15.9 Å². The molecule has 0 fully saturated rings. The van der Waals surface area contributed by atoms with Gasteiger partial charge in [-0.1, -0.05) is 12.1 Å². The fraction of sp³-hybridized carbons (Fsp3) is 0.312. The SMILES string of the molecule is O=C(/C=C/c1cccc(C(=O)NNCC(=O)[C@@H](O)[C@H](O)[C@H](O)CO)c1)NO. The van der Waals surface area contributed by atoms with Crippen LogP contribution in [-0.2, 0) is 9.59 Å². The Balaban J connectivity index is 2.56. The number of nitrogens with one attached hydrogen (secondary N) is 3. The molecular weight excluding hydrogens is 362 g/mol. The molecule has 11 nitrogen and oxygen atoms in total. The van der Waals surface area contributed by atoms with E-state index in [0.29, 0.717) is 5.56 Å². The number of hydrogen-bond donors (Lipinski definition) is 8. The minimum absolute atomic E-state index is 0.192.